The van der Waals surface area contributed by atoms with Gasteiger partial charge in [-0.05, 0) is 137 Å². The van der Waals surface area contributed by atoms with Crippen LogP contribution in [0, 0.1) is 6.92 Å². The first kappa shape index (κ1) is 34.5. The number of fused-ring (bicyclic) bond motifs is 6. The standard InChI is InChI=1S/C56H43N/c1-38-35-49(33-34-54(38)56(2,3)46-16-5-4-6-17-46)57(47-29-25-40(26-30-47)44-23-21-39-13-7-8-15-43(39)36-44)48-31-27-42(28-32-48)53-37-45-24-22-41-14-9-10-18-50(41)55(45)52-20-12-11-19-51(52)53/h4-37H,1-3H3. The SMILES string of the molecule is Cc1cc(N(c2ccc(-c3ccc4ccccc4c3)cc2)c2ccc(-c3cc4ccc5ccccc5c4c4ccccc34)cc2)ccc1C(C)(C)c1ccccc1. The van der Waals surface area contributed by atoms with E-state index >= 15 is 0 Å². The summed E-state index contributed by atoms with van der Waals surface area (Å²) in [6.07, 6.45) is 0. The molecule has 57 heavy (non-hydrogen) atoms. The van der Waals surface area contributed by atoms with E-state index in [2.05, 4.69) is 232 Å². The number of nitrogens with zero attached hydrogens (tertiary/aromatic N) is 1. The predicted molar refractivity (Wildman–Crippen MR) is 245 cm³/mol. The van der Waals surface area contributed by atoms with Crippen LogP contribution < -0.4 is 4.90 Å². The van der Waals surface area contributed by atoms with Crippen molar-refractivity contribution in [2.75, 3.05) is 4.90 Å². The van der Waals surface area contributed by atoms with E-state index in [1.807, 2.05) is 0 Å². The zero-order chi connectivity index (χ0) is 38.5. The summed E-state index contributed by atoms with van der Waals surface area (Å²) in [6.45, 7) is 6.90. The van der Waals surface area contributed by atoms with Crippen LogP contribution in [0.15, 0.2) is 206 Å². The molecule has 0 amide bonds. The molecule has 10 aromatic rings. The van der Waals surface area contributed by atoms with Crippen LogP contribution in [0.2, 0.25) is 0 Å². The Bertz CT molecular complexity index is 3080. The molecule has 272 valence electrons. The first-order valence-corrected chi connectivity index (χ1v) is 19.9. The van der Waals surface area contributed by atoms with Gasteiger partial charge in [-0.25, -0.2) is 0 Å². The normalized spacial score (nSPS) is 11.8. The number of hydrogen-bond donors (Lipinski definition) is 0. The van der Waals surface area contributed by atoms with Crippen LogP contribution in [-0.4, -0.2) is 0 Å². The van der Waals surface area contributed by atoms with Gasteiger partial charge in [0.25, 0.3) is 0 Å². The van der Waals surface area contributed by atoms with Crippen LogP contribution in [0.5, 0.6) is 0 Å². The summed E-state index contributed by atoms with van der Waals surface area (Å²) in [5, 5.41) is 10.2. The monoisotopic (exact) mass is 729 g/mol. The lowest BCUT2D eigenvalue weighted by molar-refractivity contribution is 0.636. The second kappa shape index (κ2) is 14.0. The van der Waals surface area contributed by atoms with Crippen molar-refractivity contribution in [1.82, 2.24) is 0 Å². The van der Waals surface area contributed by atoms with E-state index in [4.69, 9.17) is 0 Å². The maximum Gasteiger partial charge on any atom is 0.0464 e. The van der Waals surface area contributed by atoms with Gasteiger partial charge >= 0.3 is 0 Å². The molecule has 0 atom stereocenters. The molecule has 0 radical (unpaired) electrons. The largest absolute Gasteiger partial charge is 0.310 e. The lowest BCUT2D eigenvalue weighted by atomic mass is 9.76. The number of benzene rings is 10. The second-order valence-corrected chi connectivity index (χ2v) is 15.8. The van der Waals surface area contributed by atoms with Crippen LogP contribution in [-0.2, 0) is 5.41 Å². The lowest BCUT2D eigenvalue weighted by Crippen LogP contribution is -2.20. The molecule has 0 aliphatic rings. The van der Waals surface area contributed by atoms with Gasteiger partial charge in [-0.2, -0.15) is 0 Å². The molecule has 0 aliphatic carbocycles. The number of hydrogen-bond acceptors (Lipinski definition) is 1. The Morgan fingerprint density at radius 1 is 0.368 bits per heavy atom. The van der Waals surface area contributed by atoms with E-state index in [1.54, 1.807) is 0 Å². The van der Waals surface area contributed by atoms with E-state index in [-0.39, 0.29) is 5.41 Å². The van der Waals surface area contributed by atoms with Gasteiger partial charge < -0.3 is 4.90 Å². The Hall–Kier alpha value is -6.96. The Kier molecular flexibility index (Phi) is 8.46. The maximum absolute atomic E-state index is 2.39. The number of rotatable bonds is 7. The Balaban J connectivity index is 1.08. The summed E-state index contributed by atoms with van der Waals surface area (Å²) in [7, 11) is 0. The zero-order valence-corrected chi connectivity index (χ0v) is 32.6. The van der Waals surface area contributed by atoms with Gasteiger partial charge in [-0.1, -0.05) is 172 Å². The summed E-state index contributed by atoms with van der Waals surface area (Å²) >= 11 is 0. The third kappa shape index (κ3) is 6.13. The van der Waals surface area contributed by atoms with Crippen molar-refractivity contribution in [3.8, 4) is 22.3 Å². The van der Waals surface area contributed by atoms with E-state index in [1.165, 1.54) is 82.0 Å². The summed E-state index contributed by atoms with van der Waals surface area (Å²) < 4.78 is 0. The third-order valence-corrected chi connectivity index (χ3v) is 12.0. The Morgan fingerprint density at radius 2 is 0.912 bits per heavy atom. The average molecular weight is 730 g/mol. The quantitative estimate of drug-likeness (QED) is 0.148. The highest BCUT2D eigenvalue weighted by molar-refractivity contribution is 6.23. The minimum Gasteiger partial charge on any atom is -0.310 e. The maximum atomic E-state index is 2.39. The minimum absolute atomic E-state index is 0.132. The molecule has 0 saturated carbocycles. The molecule has 0 heterocycles. The van der Waals surface area contributed by atoms with Gasteiger partial charge in [0.2, 0.25) is 0 Å². The number of aryl methyl sites for hydroxylation is 1. The fourth-order valence-electron chi connectivity index (χ4n) is 9.02. The van der Waals surface area contributed by atoms with E-state index in [0.717, 1.165) is 17.1 Å². The van der Waals surface area contributed by atoms with E-state index < -0.39 is 0 Å². The topological polar surface area (TPSA) is 3.24 Å². The summed E-state index contributed by atoms with van der Waals surface area (Å²) in [6, 6.07) is 75.8. The highest BCUT2D eigenvalue weighted by Crippen LogP contribution is 2.42. The van der Waals surface area contributed by atoms with E-state index in [0.29, 0.717) is 0 Å². The van der Waals surface area contributed by atoms with Gasteiger partial charge in [-0.15, -0.1) is 0 Å². The van der Waals surface area contributed by atoms with E-state index in [9.17, 15) is 0 Å². The molecule has 0 unspecified atom stereocenters. The second-order valence-electron chi connectivity index (χ2n) is 15.8. The van der Waals surface area contributed by atoms with Crippen molar-refractivity contribution in [1.29, 1.82) is 0 Å². The smallest absolute Gasteiger partial charge is 0.0464 e. The molecule has 10 rings (SSSR count). The van der Waals surface area contributed by atoms with Crippen molar-refractivity contribution >= 4 is 60.2 Å². The molecule has 0 spiro atoms. The molecular formula is C56H43N. The van der Waals surface area contributed by atoms with Gasteiger partial charge in [0.15, 0.2) is 0 Å². The van der Waals surface area contributed by atoms with Crippen LogP contribution in [0.4, 0.5) is 17.1 Å². The molecule has 1 nitrogen and oxygen atoms in total. The molecule has 0 N–H and O–H groups in total. The predicted octanol–water partition coefficient (Wildman–Crippen LogP) is 15.7. The van der Waals surface area contributed by atoms with Crippen molar-refractivity contribution in [2.45, 2.75) is 26.2 Å². The van der Waals surface area contributed by atoms with Crippen LogP contribution in [0.25, 0.3) is 65.3 Å². The molecular weight excluding hydrogens is 687 g/mol. The van der Waals surface area contributed by atoms with Crippen LogP contribution in [0.1, 0.15) is 30.5 Å². The first-order chi connectivity index (χ1) is 27.9. The molecule has 0 aromatic heterocycles. The van der Waals surface area contributed by atoms with Gasteiger partial charge in [0, 0.05) is 22.5 Å². The van der Waals surface area contributed by atoms with Crippen LogP contribution in [0.3, 0.4) is 0 Å². The lowest BCUT2D eigenvalue weighted by Gasteiger charge is -2.31. The molecule has 0 bridgehead atoms. The summed E-state index contributed by atoms with van der Waals surface area (Å²) in [5.74, 6) is 0. The first-order valence-electron chi connectivity index (χ1n) is 19.9. The fraction of sp³-hybridized carbons (Fsp3) is 0.0714. The third-order valence-electron chi connectivity index (χ3n) is 12.0. The summed E-state index contributed by atoms with van der Waals surface area (Å²) in [4.78, 5) is 2.39. The Labute approximate surface area is 335 Å². The molecule has 0 fully saturated rings. The van der Waals surface area contributed by atoms with Crippen molar-refractivity contribution in [2.24, 2.45) is 0 Å². The Morgan fingerprint density at radius 3 is 1.63 bits per heavy atom. The molecule has 0 saturated heterocycles. The molecule has 1 heteroatoms. The van der Waals surface area contributed by atoms with Crippen molar-refractivity contribution in [3.05, 3.63) is 223 Å². The highest BCUT2D eigenvalue weighted by Gasteiger charge is 2.26. The van der Waals surface area contributed by atoms with Gasteiger partial charge in [0.05, 0.1) is 0 Å². The zero-order valence-electron chi connectivity index (χ0n) is 32.6. The highest BCUT2D eigenvalue weighted by atomic mass is 15.1. The summed E-state index contributed by atoms with van der Waals surface area (Å²) in [5.41, 5.74) is 12.0. The minimum atomic E-state index is -0.132. The van der Waals surface area contributed by atoms with Crippen molar-refractivity contribution in [3.63, 3.8) is 0 Å². The average Bonchev–Trinajstić information content (AvgIpc) is 3.26. The van der Waals surface area contributed by atoms with Gasteiger partial charge in [0.1, 0.15) is 0 Å². The van der Waals surface area contributed by atoms with Crippen LogP contribution >= 0.6 is 0 Å². The number of anilines is 3. The van der Waals surface area contributed by atoms with Gasteiger partial charge in [-0.3, -0.25) is 0 Å². The molecule has 0 aliphatic heterocycles. The fourth-order valence-corrected chi connectivity index (χ4v) is 9.02. The van der Waals surface area contributed by atoms with Crippen molar-refractivity contribution < 1.29 is 0 Å². The molecule has 10 aromatic carbocycles.